The molecule has 0 amide bonds. The van der Waals surface area contributed by atoms with E-state index in [1.807, 2.05) is 0 Å². The van der Waals surface area contributed by atoms with Gasteiger partial charge in [0.05, 0.1) is 24.2 Å². The van der Waals surface area contributed by atoms with Crippen molar-refractivity contribution < 1.29 is 14.4 Å². The van der Waals surface area contributed by atoms with Crippen LogP contribution in [0.25, 0.3) is 0 Å². The monoisotopic (exact) mass is 337 g/mol. The summed E-state index contributed by atoms with van der Waals surface area (Å²) < 4.78 is 11.1. The number of nitrogens with zero attached hydrogens (tertiary/aromatic N) is 1. The van der Waals surface area contributed by atoms with Crippen LogP contribution in [0.15, 0.2) is 24.8 Å². The number of ether oxygens (including phenoxy) is 2. The molecule has 0 spiro atoms. The highest BCUT2D eigenvalue weighted by Crippen LogP contribution is 2.32. The van der Waals surface area contributed by atoms with Gasteiger partial charge >= 0.3 is 0 Å². The van der Waals surface area contributed by atoms with Crippen LogP contribution in [0.2, 0.25) is 18.1 Å². The number of benzene rings is 1. The summed E-state index contributed by atoms with van der Waals surface area (Å²) in [5.41, 5.74) is 1.37. The Kier molecular flexibility index (Phi) is 6.96. The van der Waals surface area contributed by atoms with Gasteiger partial charge in [0.2, 0.25) is 0 Å². The van der Waals surface area contributed by atoms with E-state index in [4.69, 9.17) is 9.47 Å². The zero-order valence-corrected chi connectivity index (χ0v) is 15.9. The molecule has 0 saturated heterocycles. The SMILES string of the molecule is C=CCc1cc([N+](=O)[O-])c(COCC(C)(C)[SiH](C)C)cc1OC. The number of hydrogen-bond donors (Lipinski definition) is 0. The summed E-state index contributed by atoms with van der Waals surface area (Å²) in [6.45, 7) is 13.4. The molecule has 1 aromatic rings. The van der Waals surface area contributed by atoms with Crippen molar-refractivity contribution in [2.24, 2.45) is 0 Å². The van der Waals surface area contributed by atoms with Gasteiger partial charge in [-0.05, 0) is 17.5 Å². The van der Waals surface area contributed by atoms with Gasteiger partial charge in [0, 0.05) is 27.0 Å². The van der Waals surface area contributed by atoms with E-state index in [1.165, 1.54) is 0 Å². The average Bonchev–Trinajstić information content (AvgIpc) is 2.47. The smallest absolute Gasteiger partial charge is 0.275 e. The summed E-state index contributed by atoms with van der Waals surface area (Å²) in [4.78, 5) is 11.0. The number of rotatable bonds is 9. The highest BCUT2D eigenvalue weighted by atomic mass is 28.3. The predicted octanol–water partition coefficient (Wildman–Crippen LogP) is 4.12. The topological polar surface area (TPSA) is 61.6 Å². The number of hydrogen-bond acceptors (Lipinski definition) is 4. The Morgan fingerprint density at radius 3 is 2.48 bits per heavy atom. The van der Waals surface area contributed by atoms with E-state index in [-0.39, 0.29) is 22.3 Å². The third-order valence-electron chi connectivity index (χ3n) is 4.34. The normalized spacial score (nSPS) is 11.6. The first-order valence-corrected chi connectivity index (χ1v) is 10.6. The summed E-state index contributed by atoms with van der Waals surface area (Å²) in [6.07, 6.45) is 2.23. The van der Waals surface area contributed by atoms with Crippen LogP contribution in [0.3, 0.4) is 0 Å². The predicted molar refractivity (Wildman–Crippen MR) is 96.1 cm³/mol. The molecule has 0 N–H and O–H groups in total. The van der Waals surface area contributed by atoms with E-state index in [0.29, 0.717) is 24.3 Å². The average molecular weight is 337 g/mol. The second-order valence-corrected chi connectivity index (χ2v) is 10.6. The van der Waals surface area contributed by atoms with Gasteiger partial charge in [-0.25, -0.2) is 0 Å². The van der Waals surface area contributed by atoms with Crippen LogP contribution >= 0.6 is 0 Å². The summed E-state index contributed by atoms with van der Waals surface area (Å²) >= 11 is 0. The van der Waals surface area contributed by atoms with E-state index < -0.39 is 8.80 Å². The first-order valence-electron chi connectivity index (χ1n) is 7.75. The molecule has 0 aromatic heterocycles. The van der Waals surface area contributed by atoms with Gasteiger partial charge in [-0.1, -0.05) is 33.0 Å². The fourth-order valence-corrected chi connectivity index (χ4v) is 2.49. The number of allylic oxidation sites excluding steroid dienone is 1. The van der Waals surface area contributed by atoms with Crippen LogP contribution in [0.4, 0.5) is 5.69 Å². The fourth-order valence-electron chi connectivity index (χ4n) is 2.04. The minimum absolute atomic E-state index is 0.0715. The second-order valence-electron chi connectivity index (χ2n) is 6.68. The Morgan fingerprint density at radius 1 is 1.35 bits per heavy atom. The van der Waals surface area contributed by atoms with Crippen molar-refractivity contribution in [3.05, 3.63) is 46.0 Å². The minimum atomic E-state index is -0.865. The standard InChI is InChI=1S/C17H27NO4Si/c1-7-8-13-9-15(18(19)20)14(10-16(13)21-4)11-22-12-17(2,3)23(5)6/h7,9-10,23H,1,8,11-12H2,2-6H3. The Morgan fingerprint density at radius 2 is 2.00 bits per heavy atom. The lowest BCUT2D eigenvalue weighted by Crippen LogP contribution is -2.26. The molecule has 1 rings (SSSR count). The summed E-state index contributed by atoms with van der Waals surface area (Å²) in [5, 5.41) is 11.5. The molecule has 0 aliphatic carbocycles. The molecule has 0 fully saturated rings. The molecular weight excluding hydrogens is 310 g/mol. The van der Waals surface area contributed by atoms with Gasteiger partial charge in [0.1, 0.15) is 5.75 Å². The lowest BCUT2D eigenvalue weighted by atomic mass is 10.1. The van der Waals surface area contributed by atoms with Gasteiger partial charge < -0.3 is 9.47 Å². The second kappa shape index (κ2) is 8.26. The maximum Gasteiger partial charge on any atom is 0.275 e. The molecule has 1 aromatic carbocycles. The Hall–Kier alpha value is -1.66. The van der Waals surface area contributed by atoms with Crippen LogP contribution in [0.1, 0.15) is 25.0 Å². The van der Waals surface area contributed by atoms with Crippen LogP contribution in [0.5, 0.6) is 5.75 Å². The molecule has 5 nitrogen and oxygen atoms in total. The van der Waals surface area contributed by atoms with Crippen molar-refractivity contribution in [3.63, 3.8) is 0 Å². The fraction of sp³-hybridized carbons (Fsp3) is 0.529. The first kappa shape index (κ1) is 19.4. The minimum Gasteiger partial charge on any atom is -0.496 e. The van der Waals surface area contributed by atoms with Crippen LogP contribution < -0.4 is 4.74 Å². The van der Waals surface area contributed by atoms with Gasteiger partial charge in [-0.2, -0.15) is 0 Å². The first-order chi connectivity index (χ1) is 10.7. The van der Waals surface area contributed by atoms with Crippen molar-refractivity contribution in [1.82, 2.24) is 0 Å². The zero-order valence-electron chi connectivity index (χ0n) is 14.7. The largest absolute Gasteiger partial charge is 0.496 e. The molecule has 128 valence electrons. The molecule has 0 saturated carbocycles. The van der Waals surface area contributed by atoms with E-state index >= 15 is 0 Å². The number of nitro groups is 1. The highest BCUT2D eigenvalue weighted by Gasteiger charge is 2.25. The number of nitro benzene ring substituents is 1. The number of methoxy groups -OCH3 is 1. The molecule has 23 heavy (non-hydrogen) atoms. The van der Waals surface area contributed by atoms with Gasteiger partial charge in [0.25, 0.3) is 5.69 Å². The quantitative estimate of drug-likeness (QED) is 0.294. The molecule has 0 aliphatic heterocycles. The molecular formula is C17H27NO4Si. The van der Waals surface area contributed by atoms with E-state index in [9.17, 15) is 10.1 Å². The van der Waals surface area contributed by atoms with Crippen molar-refractivity contribution in [3.8, 4) is 5.75 Å². The Bertz CT molecular complexity index is 570. The van der Waals surface area contributed by atoms with E-state index in [0.717, 1.165) is 5.56 Å². The molecule has 0 unspecified atom stereocenters. The molecule has 0 radical (unpaired) electrons. The van der Waals surface area contributed by atoms with Gasteiger partial charge in [0.15, 0.2) is 0 Å². The molecule has 0 aliphatic rings. The van der Waals surface area contributed by atoms with E-state index in [2.05, 4.69) is 33.5 Å². The van der Waals surface area contributed by atoms with Crippen molar-refractivity contribution in [1.29, 1.82) is 0 Å². The summed E-state index contributed by atoms with van der Waals surface area (Å²) in [7, 11) is 0.696. The molecule has 0 atom stereocenters. The van der Waals surface area contributed by atoms with Gasteiger partial charge in [-0.15, -0.1) is 6.58 Å². The van der Waals surface area contributed by atoms with Crippen LogP contribution in [-0.2, 0) is 17.8 Å². The van der Waals surface area contributed by atoms with Crippen LogP contribution in [0, 0.1) is 10.1 Å². The lowest BCUT2D eigenvalue weighted by Gasteiger charge is -2.27. The highest BCUT2D eigenvalue weighted by molar-refractivity contribution is 6.59. The zero-order chi connectivity index (χ0) is 17.6. The van der Waals surface area contributed by atoms with Crippen molar-refractivity contribution >= 4 is 14.5 Å². The summed E-state index contributed by atoms with van der Waals surface area (Å²) in [5.74, 6) is 0.631. The molecule has 0 bridgehead atoms. The Labute approximate surface area is 140 Å². The maximum atomic E-state index is 11.3. The molecule has 6 heteroatoms. The third-order valence-corrected chi connectivity index (χ3v) is 7.63. The summed E-state index contributed by atoms with van der Waals surface area (Å²) in [6, 6.07) is 3.26. The third kappa shape index (κ3) is 5.18. The lowest BCUT2D eigenvalue weighted by molar-refractivity contribution is -0.386. The Balaban J connectivity index is 3.00. The van der Waals surface area contributed by atoms with Crippen LogP contribution in [-0.4, -0.2) is 27.4 Å². The maximum absolute atomic E-state index is 11.3. The van der Waals surface area contributed by atoms with Crippen molar-refractivity contribution in [2.45, 2.75) is 45.0 Å². The van der Waals surface area contributed by atoms with E-state index in [1.54, 1.807) is 25.3 Å². The molecule has 0 heterocycles. The van der Waals surface area contributed by atoms with Gasteiger partial charge in [-0.3, -0.25) is 10.1 Å². The van der Waals surface area contributed by atoms with Crippen molar-refractivity contribution in [2.75, 3.05) is 13.7 Å².